The van der Waals surface area contributed by atoms with Crippen LogP contribution in [-0.4, -0.2) is 28.1 Å². The number of hydrogen-bond donors (Lipinski definition) is 0. The predicted molar refractivity (Wildman–Crippen MR) is 56.0 cm³/mol. The molecule has 1 aliphatic heterocycles. The molecule has 0 radical (unpaired) electrons. The molecule has 78 valence electrons. The van der Waals surface area contributed by atoms with Gasteiger partial charge in [0.05, 0.1) is 4.95 Å². The minimum absolute atomic E-state index is 0.0643. The fourth-order valence-corrected chi connectivity index (χ4v) is 2.57. The third-order valence-electron chi connectivity index (χ3n) is 2.80. The minimum Gasteiger partial charge on any atom is -0.329 e. The summed E-state index contributed by atoms with van der Waals surface area (Å²) in [5.41, 5.74) is 0. The first-order valence-corrected chi connectivity index (χ1v) is 6.06. The zero-order valence-electron chi connectivity index (χ0n) is 8.04. The van der Waals surface area contributed by atoms with E-state index < -0.39 is 0 Å². The Balaban J connectivity index is 2.01. The first kappa shape index (κ1) is 10.1. The van der Waals surface area contributed by atoms with Gasteiger partial charge in [0, 0.05) is 25.3 Å². The highest BCUT2D eigenvalue weighted by Gasteiger charge is 2.36. The van der Waals surface area contributed by atoms with E-state index >= 15 is 0 Å². The van der Waals surface area contributed by atoms with Crippen LogP contribution in [0.5, 0.6) is 0 Å². The maximum absolute atomic E-state index is 11.8. The Hall–Kier alpha value is -0.380. The lowest BCUT2D eigenvalue weighted by atomic mass is 10.2. The zero-order chi connectivity index (χ0) is 10.1. The molecular weight excluding hydrogens is 246 g/mol. The van der Waals surface area contributed by atoms with Gasteiger partial charge in [-0.3, -0.25) is 9.59 Å². The van der Waals surface area contributed by atoms with E-state index in [1.54, 1.807) is 0 Å². The average Bonchev–Trinajstić information content (AvgIpc) is 2.92. The van der Waals surface area contributed by atoms with E-state index in [-0.39, 0.29) is 22.6 Å². The lowest BCUT2D eigenvalue weighted by Gasteiger charge is -2.25. The number of Topliss-reactive ketones (excluding diaryl/α,β-unsaturated/α-hetero) is 1. The Kier molecular flexibility index (Phi) is 2.91. The number of carbonyl (C=O) groups excluding carboxylic acids is 2. The van der Waals surface area contributed by atoms with Crippen molar-refractivity contribution in [1.29, 1.82) is 0 Å². The second kappa shape index (κ2) is 4.01. The molecule has 1 unspecified atom stereocenters. The standard InChI is InChI=1S/C10H14BrNO2/c11-9-6-8(13)2-1-5-12(9)10(14)7-3-4-7/h7,9H,1-6H2. The number of likely N-dealkylation sites (tertiary alicyclic amines) is 1. The van der Waals surface area contributed by atoms with Crippen LogP contribution in [0, 0.1) is 5.92 Å². The quantitative estimate of drug-likeness (QED) is 0.531. The molecule has 3 nitrogen and oxygen atoms in total. The number of ketones is 1. The van der Waals surface area contributed by atoms with E-state index in [9.17, 15) is 9.59 Å². The zero-order valence-corrected chi connectivity index (χ0v) is 9.63. The molecule has 4 heteroatoms. The lowest BCUT2D eigenvalue weighted by Crippen LogP contribution is -2.38. The van der Waals surface area contributed by atoms with Gasteiger partial charge in [-0.25, -0.2) is 0 Å². The van der Waals surface area contributed by atoms with Crippen LogP contribution in [0.25, 0.3) is 0 Å². The first-order valence-electron chi connectivity index (χ1n) is 5.15. The minimum atomic E-state index is -0.0643. The van der Waals surface area contributed by atoms with Crippen LogP contribution < -0.4 is 0 Å². The van der Waals surface area contributed by atoms with Crippen molar-refractivity contribution in [3.8, 4) is 0 Å². The molecule has 2 aliphatic rings. The van der Waals surface area contributed by atoms with E-state index in [2.05, 4.69) is 15.9 Å². The molecule has 0 aromatic heterocycles. The van der Waals surface area contributed by atoms with Gasteiger partial charge in [0.2, 0.25) is 5.91 Å². The van der Waals surface area contributed by atoms with Crippen LogP contribution in [0.1, 0.15) is 32.1 Å². The molecule has 1 saturated heterocycles. The number of halogens is 1. The summed E-state index contributed by atoms with van der Waals surface area (Å²) in [6, 6.07) is 0. The van der Waals surface area contributed by atoms with Gasteiger partial charge < -0.3 is 4.90 Å². The van der Waals surface area contributed by atoms with Crippen molar-refractivity contribution in [3.63, 3.8) is 0 Å². The van der Waals surface area contributed by atoms with E-state index in [0.717, 1.165) is 25.8 Å². The van der Waals surface area contributed by atoms with Gasteiger partial charge in [0.25, 0.3) is 0 Å². The second-order valence-electron chi connectivity index (χ2n) is 4.09. The van der Waals surface area contributed by atoms with Crippen molar-refractivity contribution in [3.05, 3.63) is 0 Å². The molecule has 1 amide bonds. The maximum Gasteiger partial charge on any atom is 0.226 e. The van der Waals surface area contributed by atoms with Crippen LogP contribution in [0.2, 0.25) is 0 Å². The molecule has 1 aliphatic carbocycles. The molecule has 14 heavy (non-hydrogen) atoms. The van der Waals surface area contributed by atoms with Crippen LogP contribution in [0.4, 0.5) is 0 Å². The van der Waals surface area contributed by atoms with Crippen LogP contribution >= 0.6 is 15.9 Å². The molecule has 0 spiro atoms. The number of rotatable bonds is 1. The summed E-state index contributed by atoms with van der Waals surface area (Å²) < 4.78 is 0. The monoisotopic (exact) mass is 259 g/mol. The third kappa shape index (κ3) is 2.16. The lowest BCUT2D eigenvalue weighted by molar-refractivity contribution is -0.133. The molecule has 0 N–H and O–H groups in total. The predicted octanol–water partition coefficient (Wildman–Crippen LogP) is 1.70. The van der Waals surface area contributed by atoms with Crippen molar-refractivity contribution in [2.24, 2.45) is 5.92 Å². The highest BCUT2D eigenvalue weighted by molar-refractivity contribution is 9.09. The summed E-state index contributed by atoms with van der Waals surface area (Å²) >= 11 is 3.43. The topological polar surface area (TPSA) is 37.4 Å². The number of hydrogen-bond acceptors (Lipinski definition) is 2. The molecule has 2 fully saturated rings. The molecule has 1 heterocycles. The molecular formula is C10H14BrNO2. The SMILES string of the molecule is O=C1CCCN(C(=O)C2CC2)C(Br)C1. The van der Waals surface area contributed by atoms with Gasteiger partial charge in [0.1, 0.15) is 5.78 Å². The Labute approximate surface area is 92.0 Å². The maximum atomic E-state index is 11.8. The largest absolute Gasteiger partial charge is 0.329 e. The fourth-order valence-electron chi connectivity index (χ4n) is 1.80. The molecule has 0 bridgehead atoms. The summed E-state index contributed by atoms with van der Waals surface area (Å²) in [7, 11) is 0. The van der Waals surface area contributed by atoms with Crippen molar-refractivity contribution in [2.75, 3.05) is 6.54 Å². The second-order valence-corrected chi connectivity index (χ2v) is 5.14. The summed E-state index contributed by atoms with van der Waals surface area (Å²) in [4.78, 5) is 24.9. The number of amides is 1. The molecule has 1 atom stereocenters. The van der Waals surface area contributed by atoms with E-state index in [1.165, 1.54) is 0 Å². The highest BCUT2D eigenvalue weighted by atomic mass is 79.9. The van der Waals surface area contributed by atoms with E-state index in [4.69, 9.17) is 0 Å². The fraction of sp³-hybridized carbons (Fsp3) is 0.800. The van der Waals surface area contributed by atoms with E-state index in [0.29, 0.717) is 12.8 Å². The Morgan fingerprint density at radius 3 is 2.79 bits per heavy atom. The van der Waals surface area contributed by atoms with Crippen molar-refractivity contribution in [2.45, 2.75) is 37.1 Å². The molecule has 1 saturated carbocycles. The highest BCUT2D eigenvalue weighted by Crippen LogP contribution is 2.33. The normalized spacial score (nSPS) is 28.8. The third-order valence-corrected chi connectivity index (χ3v) is 3.62. The molecule has 0 aromatic rings. The van der Waals surface area contributed by atoms with Crippen molar-refractivity contribution < 1.29 is 9.59 Å². The Morgan fingerprint density at radius 2 is 2.14 bits per heavy atom. The van der Waals surface area contributed by atoms with Crippen molar-refractivity contribution >= 4 is 27.6 Å². The first-order chi connectivity index (χ1) is 6.68. The Bertz CT molecular complexity index is 263. The van der Waals surface area contributed by atoms with E-state index in [1.807, 2.05) is 4.90 Å². The molecule has 0 aromatic carbocycles. The van der Waals surface area contributed by atoms with Gasteiger partial charge in [-0.1, -0.05) is 15.9 Å². The Morgan fingerprint density at radius 1 is 1.43 bits per heavy atom. The molecule has 2 rings (SSSR count). The summed E-state index contributed by atoms with van der Waals surface area (Å²) in [6.07, 6.45) is 3.97. The summed E-state index contributed by atoms with van der Waals surface area (Å²) in [5, 5.41) is 0. The summed E-state index contributed by atoms with van der Waals surface area (Å²) in [6.45, 7) is 0.733. The van der Waals surface area contributed by atoms with Crippen LogP contribution in [0.3, 0.4) is 0 Å². The van der Waals surface area contributed by atoms with Gasteiger partial charge in [-0.05, 0) is 19.3 Å². The van der Waals surface area contributed by atoms with Gasteiger partial charge in [0.15, 0.2) is 0 Å². The van der Waals surface area contributed by atoms with Gasteiger partial charge in [-0.2, -0.15) is 0 Å². The summed E-state index contributed by atoms with van der Waals surface area (Å²) in [5.74, 6) is 0.753. The average molecular weight is 260 g/mol. The number of carbonyl (C=O) groups is 2. The van der Waals surface area contributed by atoms with Crippen LogP contribution in [0.15, 0.2) is 0 Å². The van der Waals surface area contributed by atoms with Gasteiger partial charge >= 0.3 is 0 Å². The number of nitrogens with zero attached hydrogens (tertiary/aromatic N) is 1. The van der Waals surface area contributed by atoms with Gasteiger partial charge in [-0.15, -0.1) is 0 Å². The smallest absolute Gasteiger partial charge is 0.226 e. The van der Waals surface area contributed by atoms with Crippen molar-refractivity contribution in [1.82, 2.24) is 4.90 Å². The van der Waals surface area contributed by atoms with Crippen LogP contribution in [-0.2, 0) is 9.59 Å². The number of alkyl halides is 1.